The van der Waals surface area contributed by atoms with Crippen LogP contribution in [-0.2, 0) is 22.7 Å². The SMILES string of the molecule is O=S1(=O)C=C2C(Oc3ccc4c(c3)CCCC4)=CC=CN2CC1. The maximum atomic E-state index is 11.9. The number of aryl methyl sites for hydroxylation is 2. The number of nitrogens with zero attached hydrogens (tertiary/aromatic N) is 1. The van der Waals surface area contributed by atoms with Crippen molar-refractivity contribution in [3.05, 3.63) is 64.5 Å². The number of ether oxygens (including phenoxy) is 1. The average molecular weight is 329 g/mol. The van der Waals surface area contributed by atoms with Gasteiger partial charge in [0.15, 0.2) is 15.6 Å². The highest BCUT2D eigenvalue weighted by atomic mass is 32.2. The number of allylic oxidation sites excluding steroid dienone is 2. The summed E-state index contributed by atoms with van der Waals surface area (Å²) in [6, 6.07) is 6.20. The molecule has 0 saturated heterocycles. The first-order valence-electron chi connectivity index (χ1n) is 8.00. The van der Waals surface area contributed by atoms with Crippen LogP contribution >= 0.6 is 0 Å². The highest BCUT2D eigenvalue weighted by Gasteiger charge is 2.26. The lowest BCUT2D eigenvalue weighted by atomic mass is 9.92. The molecule has 0 saturated carbocycles. The van der Waals surface area contributed by atoms with Gasteiger partial charge >= 0.3 is 0 Å². The van der Waals surface area contributed by atoms with Gasteiger partial charge in [-0.25, -0.2) is 8.42 Å². The zero-order valence-corrected chi connectivity index (χ0v) is 13.7. The molecule has 2 aliphatic heterocycles. The molecule has 1 aromatic carbocycles. The van der Waals surface area contributed by atoms with E-state index in [-0.39, 0.29) is 5.75 Å². The number of hydrogen-bond acceptors (Lipinski definition) is 4. The van der Waals surface area contributed by atoms with E-state index in [2.05, 4.69) is 12.1 Å². The van der Waals surface area contributed by atoms with E-state index in [1.165, 1.54) is 29.4 Å². The summed E-state index contributed by atoms with van der Waals surface area (Å²) >= 11 is 0. The smallest absolute Gasteiger partial charge is 0.175 e. The lowest BCUT2D eigenvalue weighted by Crippen LogP contribution is -2.32. The van der Waals surface area contributed by atoms with E-state index < -0.39 is 9.84 Å². The van der Waals surface area contributed by atoms with Crippen LogP contribution in [0.25, 0.3) is 0 Å². The van der Waals surface area contributed by atoms with E-state index >= 15 is 0 Å². The number of benzene rings is 1. The Balaban J connectivity index is 1.64. The Morgan fingerprint density at radius 1 is 1.09 bits per heavy atom. The zero-order chi connectivity index (χ0) is 15.9. The number of sulfone groups is 1. The fourth-order valence-electron chi connectivity index (χ4n) is 3.30. The first-order valence-corrected chi connectivity index (χ1v) is 9.72. The van der Waals surface area contributed by atoms with E-state index in [0.29, 0.717) is 18.0 Å². The Kier molecular flexibility index (Phi) is 3.53. The second kappa shape index (κ2) is 5.57. The van der Waals surface area contributed by atoms with Gasteiger partial charge in [0.25, 0.3) is 0 Å². The van der Waals surface area contributed by atoms with Crippen molar-refractivity contribution >= 4 is 9.84 Å². The lowest BCUT2D eigenvalue weighted by Gasteiger charge is -2.30. The summed E-state index contributed by atoms with van der Waals surface area (Å²) in [5.74, 6) is 1.51. The monoisotopic (exact) mass is 329 g/mol. The van der Waals surface area contributed by atoms with Crippen molar-refractivity contribution in [2.45, 2.75) is 25.7 Å². The van der Waals surface area contributed by atoms with Gasteiger partial charge in [-0.2, -0.15) is 0 Å². The third-order valence-electron chi connectivity index (χ3n) is 4.53. The molecule has 1 aliphatic carbocycles. The van der Waals surface area contributed by atoms with E-state index in [0.717, 1.165) is 18.6 Å². The summed E-state index contributed by atoms with van der Waals surface area (Å²) in [6.07, 6.45) is 10.3. The van der Waals surface area contributed by atoms with Crippen LogP contribution < -0.4 is 4.74 Å². The van der Waals surface area contributed by atoms with Crippen molar-refractivity contribution < 1.29 is 13.2 Å². The summed E-state index contributed by atoms with van der Waals surface area (Å²) in [4.78, 5) is 1.93. The Hall–Kier alpha value is -2.01. The number of hydrogen-bond donors (Lipinski definition) is 0. The predicted molar refractivity (Wildman–Crippen MR) is 89.5 cm³/mol. The second-order valence-corrected chi connectivity index (χ2v) is 8.15. The third-order valence-corrected chi connectivity index (χ3v) is 5.87. The molecule has 0 spiro atoms. The van der Waals surface area contributed by atoms with Crippen LogP contribution in [0.2, 0.25) is 0 Å². The van der Waals surface area contributed by atoms with Gasteiger partial charge in [0.05, 0.1) is 16.9 Å². The van der Waals surface area contributed by atoms with Crippen LogP contribution in [-0.4, -0.2) is 25.6 Å². The summed E-state index contributed by atoms with van der Waals surface area (Å²) in [6.45, 7) is 0.468. The van der Waals surface area contributed by atoms with Crippen LogP contribution in [0, 0.1) is 0 Å². The minimum absolute atomic E-state index is 0.146. The van der Waals surface area contributed by atoms with Crippen LogP contribution in [0.4, 0.5) is 0 Å². The largest absolute Gasteiger partial charge is 0.455 e. The van der Waals surface area contributed by atoms with Crippen molar-refractivity contribution in [1.29, 1.82) is 0 Å². The molecule has 120 valence electrons. The normalized spacial score (nSPS) is 21.8. The summed E-state index contributed by atoms with van der Waals surface area (Å²) in [7, 11) is -3.15. The van der Waals surface area contributed by atoms with E-state index in [1.54, 1.807) is 0 Å². The van der Waals surface area contributed by atoms with Gasteiger partial charge in [-0.1, -0.05) is 6.07 Å². The highest BCUT2D eigenvalue weighted by molar-refractivity contribution is 7.94. The molecule has 23 heavy (non-hydrogen) atoms. The Morgan fingerprint density at radius 2 is 1.91 bits per heavy atom. The Morgan fingerprint density at radius 3 is 2.78 bits per heavy atom. The minimum Gasteiger partial charge on any atom is -0.455 e. The molecule has 5 heteroatoms. The van der Waals surface area contributed by atoms with Gasteiger partial charge in [0, 0.05) is 12.7 Å². The molecule has 0 unspecified atom stereocenters. The first kappa shape index (κ1) is 14.6. The quantitative estimate of drug-likeness (QED) is 0.837. The lowest BCUT2D eigenvalue weighted by molar-refractivity contribution is 0.375. The third kappa shape index (κ3) is 2.93. The van der Waals surface area contributed by atoms with Gasteiger partial charge in [-0.3, -0.25) is 0 Å². The standard InChI is InChI=1S/C18H19NO3S/c20-23(21)11-10-19-9-3-6-18(17(19)13-23)22-16-8-7-14-4-1-2-5-15(14)12-16/h3,6-9,12-13H,1-2,4-5,10-11H2. The maximum Gasteiger partial charge on any atom is 0.175 e. The Labute approximate surface area is 136 Å². The van der Waals surface area contributed by atoms with Crippen molar-refractivity contribution in [2.24, 2.45) is 0 Å². The predicted octanol–water partition coefficient (Wildman–Crippen LogP) is 2.93. The molecule has 0 fully saturated rings. The zero-order valence-electron chi connectivity index (χ0n) is 12.9. The summed E-state index contributed by atoms with van der Waals surface area (Å²) in [5.41, 5.74) is 3.38. The van der Waals surface area contributed by atoms with Gasteiger partial charge in [0.2, 0.25) is 0 Å². The molecule has 3 aliphatic rings. The molecule has 0 atom stereocenters. The highest BCUT2D eigenvalue weighted by Crippen LogP contribution is 2.30. The van der Waals surface area contributed by atoms with Crippen molar-refractivity contribution in [3.8, 4) is 5.75 Å². The maximum absolute atomic E-state index is 11.9. The number of fused-ring (bicyclic) bond motifs is 2. The first-order chi connectivity index (χ1) is 11.1. The fourth-order valence-corrected chi connectivity index (χ4v) is 4.46. The second-order valence-electron chi connectivity index (χ2n) is 6.18. The van der Waals surface area contributed by atoms with E-state index in [4.69, 9.17) is 4.74 Å². The minimum atomic E-state index is -3.15. The average Bonchev–Trinajstić information content (AvgIpc) is 2.55. The molecular weight excluding hydrogens is 310 g/mol. The van der Waals surface area contributed by atoms with Crippen molar-refractivity contribution in [1.82, 2.24) is 4.90 Å². The van der Waals surface area contributed by atoms with Gasteiger partial charge in [-0.15, -0.1) is 0 Å². The molecule has 1 aromatic rings. The van der Waals surface area contributed by atoms with Gasteiger partial charge < -0.3 is 9.64 Å². The number of rotatable bonds is 2. The van der Waals surface area contributed by atoms with Gasteiger partial charge in [0.1, 0.15) is 5.75 Å². The Bertz CT molecular complexity index is 834. The molecule has 0 bridgehead atoms. The molecule has 4 nitrogen and oxygen atoms in total. The summed E-state index contributed by atoms with van der Waals surface area (Å²) < 4.78 is 29.8. The fraction of sp³-hybridized carbons (Fsp3) is 0.333. The van der Waals surface area contributed by atoms with Gasteiger partial charge in [-0.05, 0) is 61.1 Å². The molecule has 0 amide bonds. The van der Waals surface area contributed by atoms with E-state index in [1.807, 2.05) is 29.3 Å². The molecule has 0 N–H and O–H groups in total. The van der Waals surface area contributed by atoms with Crippen LogP contribution in [0.3, 0.4) is 0 Å². The van der Waals surface area contributed by atoms with Crippen LogP contribution in [0.5, 0.6) is 5.75 Å². The summed E-state index contributed by atoms with van der Waals surface area (Å²) in [5, 5.41) is 1.32. The molecule has 0 radical (unpaired) electrons. The van der Waals surface area contributed by atoms with Crippen LogP contribution in [0.1, 0.15) is 24.0 Å². The molecule has 2 heterocycles. The van der Waals surface area contributed by atoms with E-state index in [9.17, 15) is 8.42 Å². The molecule has 0 aromatic heterocycles. The topological polar surface area (TPSA) is 46.6 Å². The molecule has 4 rings (SSSR count). The van der Waals surface area contributed by atoms with Crippen molar-refractivity contribution in [2.75, 3.05) is 12.3 Å². The van der Waals surface area contributed by atoms with Crippen LogP contribution in [0.15, 0.2) is 53.4 Å². The molecular formula is C18H19NO3S. The van der Waals surface area contributed by atoms with Crippen molar-refractivity contribution in [3.63, 3.8) is 0 Å².